The van der Waals surface area contributed by atoms with Gasteiger partial charge in [-0.25, -0.2) is 13.1 Å². The summed E-state index contributed by atoms with van der Waals surface area (Å²) in [6, 6.07) is 15.3. The van der Waals surface area contributed by atoms with Crippen molar-refractivity contribution in [3.63, 3.8) is 0 Å². The minimum absolute atomic E-state index is 0.190. The van der Waals surface area contributed by atoms with Crippen molar-refractivity contribution in [3.8, 4) is 0 Å². The first kappa shape index (κ1) is 16.2. The number of sulfonamides is 1. The van der Waals surface area contributed by atoms with Crippen molar-refractivity contribution in [2.24, 2.45) is 0 Å². The maximum Gasteiger partial charge on any atom is 0.309 e. The minimum atomic E-state index is -3.52. The summed E-state index contributed by atoms with van der Waals surface area (Å²) in [5, 5.41) is 0. The zero-order valence-corrected chi connectivity index (χ0v) is 13.0. The smallest absolute Gasteiger partial charge is 0.309 e. The molecular formula is C16H17NO4S. The summed E-state index contributed by atoms with van der Waals surface area (Å²) < 4.78 is 31.3. The molecule has 0 aliphatic rings. The molecule has 0 radical (unpaired) electrons. The predicted octanol–water partition coefficient (Wildman–Crippen LogP) is 1.88. The highest BCUT2D eigenvalue weighted by molar-refractivity contribution is 7.89. The molecule has 0 unspecified atom stereocenters. The predicted molar refractivity (Wildman–Crippen MR) is 82.6 cm³/mol. The highest BCUT2D eigenvalue weighted by Gasteiger charge is 2.12. The molecule has 5 nitrogen and oxygen atoms in total. The second kappa shape index (κ2) is 7.20. The SMILES string of the molecule is COC(=O)Cc1ccc(CNS(=O)(=O)c2ccccc2)cc1. The van der Waals surface area contributed by atoms with E-state index >= 15 is 0 Å². The van der Waals surface area contributed by atoms with Crippen molar-refractivity contribution in [2.75, 3.05) is 7.11 Å². The lowest BCUT2D eigenvalue weighted by Gasteiger charge is -2.07. The number of carbonyl (C=O) groups is 1. The quantitative estimate of drug-likeness (QED) is 0.825. The van der Waals surface area contributed by atoms with E-state index in [0.29, 0.717) is 0 Å². The Kier molecular flexibility index (Phi) is 5.30. The van der Waals surface area contributed by atoms with Crippen LogP contribution < -0.4 is 4.72 Å². The topological polar surface area (TPSA) is 72.5 Å². The van der Waals surface area contributed by atoms with Crippen molar-refractivity contribution >= 4 is 16.0 Å². The van der Waals surface area contributed by atoms with Crippen LogP contribution in [0.2, 0.25) is 0 Å². The van der Waals surface area contributed by atoms with Crippen molar-refractivity contribution in [1.82, 2.24) is 4.72 Å². The van der Waals surface area contributed by atoms with Gasteiger partial charge in [-0.05, 0) is 23.3 Å². The van der Waals surface area contributed by atoms with Gasteiger partial charge < -0.3 is 4.74 Å². The summed E-state index contributed by atoms with van der Waals surface area (Å²) in [4.78, 5) is 11.4. The van der Waals surface area contributed by atoms with Gasteiger partial charge >= 0.3 is 5.97 Å². The molecule has 0 aliphatic heterocycles. The molecule has 116 valence electrons. The van der Waals surface area contributed by atoms with Crippen LogP contribution in [0.1, 0.15) is 11.1 Å². The number of nitrogens with one attached hydrogen (secondary N) is 1. The van der Waals surface area contributed by atoms with Crippen molar-refractivity contribution in [3.05, 3.63) is 65.7 Å². The van der Waals surface area contributed by atoms with Gasteiger partial charge in [-0.15, -0.1) is 0 Å². The number of hydrogen-bond donors (Lipinski definition) is 1. The van der Waals surface area contributed by atoms with Crippen LogP contribution in [0.15, 0.2) is 59.5 Å². The minimum Gasteiger partial charge on any atom is -0.469 e. The summed E-state index contributed by atoms with van der Waals surface area (Å²) in [7, 11) is -2.17. The second-order valence-electron chi connectivity index (χ2n) is 4.71. The molecular weight excluding hydrogens is 302 g/mol. The van der Waals surface area contributed by atoms with E-state index in [0.717, 1.165) is 11.1 Å². The lowest BCUT2D eigenvalue weighted by Crippen LogP contribution is -2.23. The van der Waals surface area contributed by atoms with Crippen LogP contribution in [0.25, 0.3) is 0 Å². The highest BCUT2D eigenvalue weighted by Crippen LogP contribution is 2.10. The molecule has 2 aromatic rings. The Morgan fingerprint density at radius 3 is 2.18 bits per heavy atom. The highest BCUT2D eigenvalue weighted by atomic mass is 32.2. The van der Waals surface area contributed by atoms with Crippen LogP contribution in [-0.2, 0) is 32.5 Å². The molecule has 0 aromatic heterocycles. The number of carbonyl (C=O) groups excluding carboxylic acids is 1. The molecule has 0 bridgehead atoms. The van der Waals surface area contributed by atoms with Crippen LogP contribution in [0.4, 0.5) is 0 Å². The van der Waals surface area contributed by atoms with E-state index in [1.807, 2.05) is 0 Å². The number of rotatable bonds is 6. The molecule has 0 fully saturated rings. The second-order valence-corrected chi connectivity index (χ2v) is 6.47. The normalized spacial score (nSPS) is 11.1. The average Bonchev–Trinajstić information content (AvgIpc) is 2.55. The average molecular weight is 319 g/mol. The lowest BCUT2D eigenvalue weighted by atomic mass is 10.1. The van der Waals surface area contributed by atoms with Crippen molar-refractivity contribution in [2.45, 2.75) is 17.9 Å². The van der Waals surface area contributed by atoms with E-state index in [4.69, 9.17) is 0 Å². The first-order valence-electron chi connectivity index (χ1n) is 6.70. The zero-order chi connectivity index (χ0) is 16.0. The van der Waals surface area contributed by atoms with Gasteiger partial charge in [0.2, 0.25) is 10.0 Å². The molecule has 0 amide bonds. The van der Waals surface area contributed by atoms with Crippen LogP contribution in [0.5, 0.6) is 0 Å². The first-order valence-corrected chi connectivity index (χ1v) is 8.19. The van der Waals surface area contributed by atoms with Gasteiger partial charge in [0.1, 0.15) is 0 Å². The van der Waals surface area contributed by atoms with Gasteiger partial charge in [-0.2, -0.15) is 0 Å². The van der Waals surface area contributed by atoms with Gasteiger partial charge in [-0.3, -0.25) is 4.79 Å². The Hall–Kier alpha value is -2.18. The molecule has 1 N–H and O–H groups in total. The maximum atomic E-state index is 12.1. The Morgan fingerprint density at radius 1 is 1.00 bits per heavy atom. The Bertz CT molecular complexity index is 725. The number of ether oxygens (including phenoxy) is 1. The Balaban J connectivity index is 1.99. The van der Waals surface area contributed by atoms with Gasteiger partial charge in [0.25, 0.3) is 0 Å². The van der Waals surface area contributed by atoms with Gasteiger partial charge in [-0.1, -0.05) is 42.5 Å². The van der Waals surface area contributed by atoms with E-state index in [1.165, 1.54) is 7.11 Å². The van der Waals surface area contributed by atoms with Crippen LogP contribution in [0.3, 0.4) is 0 Å². The fourth-order valence-electron chi connectivity index (χ4n) is 1.88. The van der Waals surface area contributed by atoms with Crippen molar-refractivity contribution in [1.29, 1.82) is 0 Å². The Labute approximate surface area is 130 Å². The maximum absolute atomic E-state index is 12.1. The first-order chi connectivity index (χ1) is 10.5. The molecule has 6 heteroatoms. The van der Waals surface area contributed by atoms with Crippen LogP contribution >= 0.6 is 0 Å². The fraction of sp³-hybridized carbons (Fsp3) is 0.188. The zero-order valence-electron chi connectivity index (χ0n) is 12.2. The van der Waals surface area contributed by atoms with Gasteiger partial charge in [0, 0.05) is 6.54 Å². The number of hydrogen-bond acceptors (Lipinski definition) is 4. The molecule has 2 aromatic carbocycles. The van der Waals surface area contributed by atoms with E-state index in [1.54, 1.807) is 54.6 Å². The summed E-state index contributed by atoms with van der Waals surface area (Å²) >= 11 is 0. The number of esters is 1. The molecule has 0 atom stereocenters. The summed E-state index contributed by atoms with van der Waals surface area (Å²) in [6.07, 6.45) is 0.201. The third-order valence-electron chi connectivity index (χ3n) is 3.12. The molecule has 22 heavy (non-hydrogen) atoms. The number of methoxy groups -OCH3 is 1. The van der Waals surface area contributed by atoms with Crippen LogP contribution in [0, 0.1) is 0 Å². The standard InChI is InChI=1S/C16H17NO4S/c1-21-16(18)11-13-7-9-14(10-8-13)12-17-22(19,20)15-5-3-2-4-6-15/h2-10,17H,11-12H2,1H3. The molecule has 0 heterocycles. The monoisotopic (exact) mass is 319 g/mol. The Morgan fingerprint density at radius 2 is 1.59 bits per heavy atom. The third kappa shape index (κ3) is 4.41. The van der Waals surface area contributed by atoms with Gasteiger partial charge in [0.05, 0.1) is 18.4 Å². The molecule has 2 rings (SSSR count). The number of benzene rings is 2. The van der Waals surface area contributed by atoms with Gasteiger partial charge in [0.15, 0.2) is 0 Å². The summed E-state index contributed by atoms with van der Waals surface area (Å²) in [6.45, 7) is 0.190. The lowest BCUT2D eigenvalue weighted by molar-refractivity contribution is -0.139. The molecule has 0 aliphatic carbocycles. The van der Waals surface area contributed by atoms with Crippen molar-refractivity contribution < 1.29 is 17.9 Å². The molecule has 0 spiro atoms. The van der Waals surface area contributed by atoms with E-state index in [2.05, 4.69) is 9.46 Å². The third-order valence-corrected chi connectivity index (χ3v) is 4.54. The van der Waals surface area contributed by atoms with E-state index in [-0.39, 0.29) is 23.8 Å². The largest absolute Gasteiger partial charge is 0.469 e. The molecule has 0 saturated heterocycles. The van der Waals surface area contributed by atoms with Crippen LogP contribution in [-0.4, -0.2) is 21.5 Å². The summed E-state index contributed by atoms with van der Waals surface area (Å²) in [5.41, 5.74) is 1.63. The summed E-state index contributed by atoms with van der Waals surface area (Å²) in [5.74, 6) is -0.308. The fourth-order valence-corrected chi connectivity index (χ4v) is 2.91. The van der Waals surface area contributed by atoms with E-state index in [9.17, 15) is 13.2 Å². The molecule has 0 saturated carbocycles. The van der Waals surface area contributed by atoms with E-state index < -0.39 is 10.0 Å².